The summed E-state index contributed by atoms with van der Waals surface area (Å²) in [7, 11) is 0. The third kappa shape index (κ3) is 2.69. The second kappa shape index (κ2) is 4.09. The van der Waals surface area contributed by atoms with Crippen molar-refractivity contribution < 1.29 is 9.90 Å². The maximum Gasteiger partial charge on any atom is 0.320 e. The van der Waals surface area contributed by atoms with Crippen molar-refractivity contribution in [3.8, 4) is 0 Å². The second-order valence-electron chi connectivity index (χ2n) is 4.41. The fourth-order valence-electron chi connectivity index (χ4n) is 2.18. The molecule has 0 radical (unpaired) electrons. The van der Waals surface area contributed by atoms with Crippen LogP contribution in [0.15, 0.2) is 0 Å². The number of aliphatic carboxylic acids is 1. The number of rotatable bonds is 2. The molecule has 0 aromatic carbocycles. The van der Waals surface area contributed by atoms with Gasteiger partial charge in [0.1, 0.15) is 6.04 Å². The Labute approximate surface area is 79.7 Å². The predicted molar refractivity (Wildman–Crippen MR) is 51.6 cm³/mol. The lowest BCUT2D eigenvalue weighted by molar-refractivity contribution is -0.143. The van der Waals surface area contributed by atoms with E-state index in [2.05, 4.69) is 18.7 Å². The minimum atomic E-state index is -0.707. The standard InChI is InChI=1S/C10H19NO2/c1-7-4-8(2)6-11(5-7)9(3)10(12)13/h7-9H,4-6H2,1-3H3,(H,12,13)/t7-,8-,9-/m0/s1. The predicted octanol–water partition coefficient (Wildman–Crippen LogP) is 1.44. The quantitative estimate of drug-likeness (QED) is 0.707. The minimum Gasteiger partial charge on any atom is -0.480 e. The lowest BCUT2D eigenvalue weighted by atomic mass is 9.91. The highest BCUT2D eigenvalue weighted by atomic mass is 16.4. The van der Waals surface area contributed by atoms with Crippen LogP contribution < -0.4 is 0 Å². The van der Waals surface area contributed by atoms with Crippen molar-refractivity contribution in [3.05, 3.63) is 0 Å². The van der Waals surface area contributed by atoms with E-state index in [1.54, 1.807) is 6.92 Å². The van der Waals surface area contributed by atoms with Gasteiger partial charge < -0.3 is 5.11 Å². The Balaban J connectivity index is 2.54. The number of carboxylic acids is 1. The maximum absolute atomic E-state index is 10.8. The van der Waals surface area contributed by atoms with Crippen LogP contribution in [0.25, 0.3) is 0 Å². The molecule has 1 N–H and O–H groups in total. The van der Waals surface area contributed by atoms with Crippen LogP contribution in [-0.2, 0) is 4.79 Å². The average Bonchev–Trinajstić information content (AvgIpc) is 2.01. The van der Waals surface area contributed by atoms with Crippen LogP contribution in [-0.4, -0.2) is 35.1 Å². The van der Waals surface area contributed by atoms with E-state index in [0.29, 0.717) is 11.8 Å². The van der Waals surface area contributed by atoms with E-state index >= 15 is 0 Å². The first-order valence-corrected chi connectivity index (χ1v) is 4.97. The van der Waals surface area contributed by atoms with Crippen LogP contribution >= 0.6 is 0 Å². The van der Waals surface area contributed by atoms with Gasteiger partial charge in [-0.15, -0.1) is 0 Å². The summed E-state index contributed by atoms with van der Waals surface area (Å²) < 4.78 is 0. The normalized spacial score (nSPS) is 32.8. The Morgan fingerprint density at radius 2 is 1.85 bits per heavy atom. The van der Waals surface area contributed by atoms with Crippen molar-refractivity contribution in [1.29, 1.82) is 0 Å². The molecule has 3 nitrogen and oxygen atoms in total. The largest absolute Gasteiger partial charge is 0.480 e. The average molecular weight is 185 g/mol. The van der Waals surface area contributed by atoms with Crippen molar-refractivity contribution in [2.24, 2.45) is 11.8 Å². The van der Waals surface area contributed by atoms with Gasteiger partial charge in [-0.25, -0.2) is 0 Å². The highest BCUT2D eigenvalue weighted by Crippen LogP contribution is 2.22. The van der Waals surface area contributed by atoms with Crippen LogP contribution in [0.1, 0.15) is 27.2 Å². The summed E-state index contributed by atoms with van der Waals surface area (Å²) in [6.07, 6.45) is 1.23. The molecule has 1 saturated heterocycles. The summed E-state index contributed by atoms with van der Waals surface area (Å²) in [5, 5.41) is 8.87. The van der Waals surface area contributed by atoms with Crippen LogP contribution in [0.2, 0.25) is 0 Å². The highest BCUT2D eigenvalue weighted by molar-refractivity contribution is 5.72. The van der Waals surface area contributed by atoms with Gasteiger partial charge >= 0.3 is 5.97 Å². The van der Waals surface area contributed by atoms with Crippen LogP contribution in [0.5, 0.6) is 0 Å². The molecule has 0 aromatic heterocycles. The molecule has 0 saturated carbocycles. The smallest absolute Gasteiger partial charge is 0.320 e. The van der Waals surface area contributed by atoms with E-state index in [-0.39, 0.29) is 6.04 Å². The SMILES string of the molecule is C[C@H]1C[C@H](C)CN([C@@H](C)C(=O)O)C1. The molecule has 3 atom stereocenters. The van der Waals surface area contributed by atoms with E-state index in [4.69, 9.17) is 5.11 Å². The molecule has 0 aromatic rings. The Bertz CT molecular complexity index is 183. The van der Waals surface area contributed by atoms with Crippen molar-refractivity contribution in [2.45, 2.75) is 33.2 Å². The second-order valence-corrected chi connectivity index (χ2v) is 4.41. The van der Waals surface area contributed by atoms with Crippen molar-refractivity contribution in [2.75, 3.05) is 13.1 Å². The fraction of sp³-hybridized carbons (Fsp3) is 0.900. The zero-order valence-electron chi connectivity index (χ0n) is 8.66. The summed E-state index contributed by atoms with van der Waals surface area (Å²) in [5.74, 6) is 0.553. The van der Waals surface area contributed by atoms with Crippen LogP contribution in [0.4, 0.5) is 0 Å². The summed E-state index contributed by atoms with van der Waals surface area (Å²) in [6, 6.07) is -0.329. The van der Waals surface area contributed by atoms with Crippen molar-refractivity contribution in [1.82, 2.24) is 4.90 Å². The Kier molecular flexibility index (Phi) is 3.31. The number of hydrogen-bond donors (Lipinski definition) is 1. The van der Waals surface area contributed by atoms with Gasteiger partial charge in [0.2, 0.25) is 0 Å². The van der Waals surface area contributed by atoms with Gasteiger partial charge in [0, 0.05) is 13.1 Å². The number of carboxylic acid groups (broad SMARTS) is 1. The van der Waals surface area contributed by atoms with Gasteiger partial charge in [0.25, 0.3) is 0 Å². The fourth-order valence-corrected chi connectivity index (χ4v) is 2.18. The molecule has 0 aliphatic carbocycles. The molecule has 1 rings (SSSR count). The van der Waals surface area contributed by atoms with Crippen LogP contribution in [0.3, 0.4) is 0 Å². The molecule has 1 heterocycles. The summed E-state index contributed by atoms with van der Waals surface area (Å²) >= 11 is 0. The number of piperidine rings is 1. The van der Waals surface area contributed by atoms with E-state index in [1.165, 1.54) is 6.42 Å². The molecule has 0 amide bonds. The number of carbonyl (C=O) groups is 1. The number of likely N-dealkylation sites (tertiary alicyclic amines) is 1. The zero-order valence-corrected chi connectivity index (χ0v) is 8.66. The lowest BCUT2D eigenvalue weighted by Gasteiger charge is -2.37. The first-order valence-electron chi connectivity index (χ1n) is 4.97. The summed E-state index contributed by atoms with van der Waals surface area (Å²) in [4.78, 5) is 12.8. The lowest BCUT2D eigenvalue weighted by Crippen LogP contribution is -2.47. The molecule has 1 aliphatic rings. The number of nitrogens with zero attached hydrogens (tertiary/aromatic N) is 1. The zero-order chi connectivity index (χ0) is 10.0. The molecule has 3 heteroatoms. The number of hydrogen-bond acceptors (Lipinski definition) is 2. The monoisotopic (exact) mass is 185 g/mol. The summed E-state index contributed by atoms with van der Waals surface area (Å²) in [5.41, 5.74) is 0. The molecular formula is C10H19NO2. The molecule has 0 unspecified atom stereocenters. The van der Waals surface area contributed by atoms with E-state index in [9.17, 15) is 4.79 Å². The Morgan fingerprint density at radius 1 is 1.38 bits per heavy atom. The highest BCUT2D eigenvalue weighted by Gasteiger charge is 2.28. The Morgan fingerprint density at radius 3 is 2.23 bits per heavy atom. The molecule has 13 heavy (non-hydrogen) atoms. The third-order valence-corrected chi connectivity index (χ3v) is 2.80. The molecule has 76 valence electrons. The van der Waals surface area contributed by atoms with E-state index in [1.807, 2.05) is 0 Å². The van der Waals surface area contributed by atoms with Gasteiger partial charge in [-0.3, -0.25) is 9.69 Å². The van der Waals surface area contributed by atoms with Crippen molar-refractivity contribution in [3.63, 3.8) is 0 Å². The molecule has 0 bridgehead atoms. The van der Waals surface area contributed by atoms with Gasteiger partial charge in [0.15, 0.2) is 0 Å². The molecule has 0 spiro atoms. The third-order valence-electron chi connectivity index (χ3n) is 2.80. The van der Waals surface area contributed by atoms with Crippen molar-refractivity contribution >= 4 is 5.97 Å². The Hall–Kier alpha value is -0.570. The van der Waals surface area contributed by atoms with Gasteiger partial charge in [-0.05, 0) is 25.2 Å². The molecule has 1 aliphatic heterocycles. The maximum atomic E-state index is 10.8. The van der Waals surface area contributed by atoms with Crippen LogP contribution in [0, 0.1) is 11.8 Å². The topological polar surface area (TPSA) is 40.5 Å². The van der Waals surface area contributed by atoms with E-state index in [0.717, 1.165) is 13.1 Å². The molecule has 1 fully saturated rings. The first kappa shape index (κ1) is 10.5. The first-order chi connectivity index (χ1) is 6.00. The summed E-state index contributed by atoms with van der Waals surface area (Å²) in [6.45, 7) is 8.01. The van der Waals surface area contributed by atoms with Gasteiger partial charge in [-0.1, -0.05) is 13.8 Å². The molecular weight excluding hydrogens is 166 g/mol. The van der Waals surface area contributed by atoms with E-state index < -0.39 is 5.97 Å². The van der Waals surface area contributed by atoms with Gasteiger partial charge in [-0.2, -0.15) is 0 Å². The minimum absolute atomic E-state index is 0.329. The van der Waals surface area contributed by atoms with Gasteiger partial charge in [0.05, 0.1) is 0 Å².